The Labute approximate surface area is 206 Å². The minimum Gasteiger partial charge on any atom is -0.444 e. The second kappa shape index (κ2) is 11.5. The van der Waals surface area contributed by atoms with E-state index in [2.05, 4.69) is 45.5 Å². The summed E-state index contributed by atoms with van der Waals surface area (Å²) in [5.41, 5.74) is 2.04. The van der Waals surface area contributed by atoms with Crippen molar-refractivity contribution in [3.05, 3.63) is 40.9 Å². The highest BCUT2D eigenvalue weighted by Gasteiger charge is 2.30. The molecule has 0 aliphatic carbocycles. The number of hydrogen-bond donors (Lipinski definition) is 1. The van der Waals surface area contributed by atoms with Gasteiger partial charge in [0.25, 0.3) is 0 Å². The largest absolute Gasteiger partial charge is 0.444 e. The monoisotopic (exact) mass is 573 g/mol. The fourth-order valence-electron chi connectivity index (χ4n) is 3.11. The first kappa shape index (κ1) is 26.0. The Kier molecular flexibility index (Phi) is 9.66. The standard InChI is InChI=1S/C12H12N2S.C10H16BrNO3.BrH/c1-2-4-9(5-3-1)12-14-10-6-7-13-8-11(10)15-12;1-10(2,3)15-9(14)12-5-4-8(13)7(11)6-12;/h1-5,13H,6-8H2;7H,4-6H2,1-3H3;1H. The number of aromatic nitrogens is 1. The summed E-state index contributed by atoms with van der Waals surface area (Å²) < 4.78 is 5.22. The molecule has 0 saturated carbocycles. The summed E-state index contributed by atoms with van der Waals surface area (Å²) in [5, 5.41) is 4.53. The zero-order valence-corrected chi connectivity index (χ0v) is 22.1. The lowest BCUT2D eigenvalue weighted by Crippen LogP contribution is -2.46. The third-order valence-electron chi connectivity index (χ3n) is 4.63. The fraction of sp³-hybridized carbons (Fsp3) is 0.500. The van der Waals surface area contributed by atoms with Gasteiger partial charge < -0.3 is 15.0 Å². The molecule has 3 heterocycles. The lowest BCUT2D eigenvalue weighted by Gasteiger charge is -2.31. The van der Waals surface area contributed by atoms with Gasteiger partial charge in [0.05, 0.1) is 10.5 Å². The topological polar surface area (TPSA) is 71.5 Å². The van der Waals surface area contributed by atoms with E-state index in [1.54, 1.807) is 4.90 Å². The molecule has 1 saturated heterocycles. The molecule has 0 radical (unpaired) electrons. The molecular formula is C22H29Br2N3O3S. The fourth-order valence-corrected chi connectivity index (χ4v) is 4.77. The van der Waals surface area contributed by atoms with Crippen LogP contribution in [0.1, 0.15) is 37.8 Å². The van der Waals surface area contributed by atoms with Crippen molar-refractivity contribution in [3.63, 3.8) is 0 Å². The van der Waals surface area contributed by atoms with E-state index in [-0.39, 0.29) is 33.7 Å². The number of amides is 1. The third-order valence-corrected chi connectivity index (χ3v) is 6.58. The van der Waals surface area contributed by atoms with Gasteiger partial charge in [0.1, 0.15) is 16.4 Å². The first-order valence-corrected chi connectivity index (χ1v) is 11.9. The second-order valence-corrected chi connectivity index (χ2v) is 10.5. The number of carbonyl (C=O) groups excluding carboxylic acids is 2. The molecule has 31 heavy (non-hydrogen) atoms. The van der Waals surface area contributed by atoms with Gasteiger partial charge in [-0.15, -0.1) is 28.3 Å². The first-order valence-electron chi connectivity index (χ1n) is 10.1. The van der Waals surface area contributed by atoms with Crippen LogP contribution in [0.25, 0.3) is 10.6 Å². The lowest BCUT2D eigenvalue weighted by molar-refractivity contribution is -0.120. The van der Waals surface area contributed by atoms with Crippen molar-refractivity contribution in [3.8, 4) is 10.6 Å². The van der Waals surface area contributed by atoms with Gasteiger partial charge in [0.2, 0.25) is 0 Å². The molecule has 1 N–H and O–H groups in total. The highest BCUT2D eigenvalue weighted by molar-refractivity contribution is 9.10. The van der Waals surface area contributed by atoms with Crippen molar-refractivity contribution >= 4 is 56.1 Å². The summed E-state index contributed by atoms with van der Waals surface area (Å²) in [7, 11) is 0. The number of fused-ring (bicyclic) bond motifs is 1. The van der Waals surface area contributed by atoms with E-state index in [4.69, 9.17) is 9.72 Å². The van der Waals surface area contributed by atoms with Gasteiger partial charge in [-0.2, -0.15) is 0 Å². The molecule has 1 fully saturated rings. The number of benzene rings is 1. The number of likely N-dealkylation sites (tertiary alicyclic amines) is 1. The number of nitrogens with zero attached hydrogens (tertiary/aromatic N) is 2. The average molecular weight is 575 g/mol. The van der Waals surface area contributed by atoms with Crippen molar-refractivity contribution < 1.29 is 14.3 Å². The number of halogens is 2. The molecule has 1 aromatic heterocycles. The van der Waals surface area contributed by atoms with Crippen molar-refractivity contribution in [2.75, 3.05) is 19.6 Å². The molecule has 0 bridgehead atoms. The molecule has 170 valence electrons. The van der Waals surface area contributed by atoms with E-state index in [1.807, 2.05) is 38.2 Å². The van der Waals surface area contributed by atoms with Gasteiger partial charge in [-0.05, 0) is 20.8 Å². The van der Waals surface area contributed by atoms with Crippen LogP contribution in [0.15, 0.2) is 30.3 Å². The van der Waals surface area contributed by atoms with Gasteiger partial charge in [-0.3, -0.25) is 4.79 Å². The third kappa shape index (κ3) is 7.66. The maximum Gasteiger partial charge on any atom is 0.410 e. The highest BCUT2D eigenvalue weighted by Crippen LogP contribution is 2.29. The van der Waals surface area contributed by atoms with Crippen LogP contribution >= 0.6 is 44.2 Å². The van der Waals surface area contributed by atoms with Gasteiger partial charge in [0, 0.05) is 49.5 Å². The molecule has 2 aliphatic heterocycles. The van der Waals surface area contributed by atoms with Gasteiger partial charge in [-0.25, -0.2) is 9.78 Å². The van der Waals surface area contributed by atoms with Crippen LogP contribution in [0.5, 0.6) is 0 Å². The number of thiazole rings is 1. The highest BCUT2D eigenvalue weighted by atomic mass is 79.9. The van der Waals surface area contributed by atoms with Crippen LogP contribution < -0.4 is 5.32 Å². The Morgan fingerprint density at radius 1 is 1.26 bits per heavy atom. The first-order chi connectivity index (χ1) is 14.2. The zero-order valence-electron chi connectivity index (χ0n) is 18.0. The molecular weight excluding hydrogens is 546 g/mol. The molecule has 1 unspecified atom stereocenters. The SMILES string of the molecule is Br.CC(C)(C)OC(=O)N1CCC(=O)C(Br)C1.c1ccc(-c2nc3c(s2)CNCC3)cc1. The Morgan fingerprint density at radius 3 is 2.58 bits per heavy atom. The molecule has 4 rings (SSSR count). The summed E-state index contributed by atoms with van der Waals surface area (Å²) in [6.45, 7) is 8.37. The van der Waals surface area contributed by atoms with Gasteiger partial charge in [-0.1, -0.05) is 46.3 Å². The van der Waals surface area contributed by atoms with Crippen molar-refractivity contribution in [1.82, 2.24) is 15.2 Å². The molecule has 2 aliphatic rings. The molecule has 0 spiro atoms. The summed E-state index contributed by atoms with van der Waals surface area (Å²) in [5.74, 6) is 0.148. The number of alkyl halides is 1. The van der Waals surface area contributed by atoms with E-state index in [1.165, 1.54) is 16.1 Å². The van der Waals surface area contributed by atoms with Gasteiger partial charge in [0.15, 0.2) is 0 Å². The number of Topliss-reactive ketones (excluding diaryl/α,β-unsaturated/α-hetero) is 1. The van der Waals surface area contributed by atoms with Crippen LogP contribution in [0, 0.1) is 0 Å². The Bertz CT molecular complexity index is 860. The van der Waals surface area contributed by atoms with E-state index >= 15 is 0 Å². The maximum absolute atomic E-state index is 11.6. The predicted octanol–water partition coefficient (Wildman–Crippen LogP) is 4.99. The van der Waals surface area contributed by atoms with E-state index in [0.717, 1.165) is 24.5 Å². The molecule has 6 nitrogen and oxygen atoms in total. The zero-order chi connectivity index (χ0) is 21.7. The molecule has 1 atom stereocenters. The number of ether oxygens (including phenoxy) is 1. The van der Waals surface area contributed by atoms with Crippen molar-refractivity contribution in [1.29, 1.82) is 0 Å². The van der Waals surface area contributed by atoms with E-state index in [0.29, 0.717) is 19.5 Å². The van der Waals surface area contributed by atoms with E-state index < -0.39 is 5.60 Å². The van der Waals surface area contributed by atoms with Crippen LogP contribution in [-0.4, -0.2) is 51.8 Å². The molecule has 2 aromatic rings. The average Bonchev–Trinajstić information content (AvgIpc) is 3.14. The van der Waals surface area contributed by atoms with Crippen LogP contribution in [-0.2, 0) is 22.5 Å². The quantitative estimate of drug-likeness (QED) is 0.486. The Morgan fingerprint density at radius 2 is 1.97 bits per heavy atom. The summed E-state index contributed by atoms with van der Waals surface area (Å²) >= 11 is 5.06. The molecule has 1 amide bonds. The van der Waals surface area contributed by atoms with E-state index in [9.17, 15) is 9.59 Å². The number of piperidine rings is 1. The Balaban J connectivity index is 0.000000213. The van der Waals surface area contributed by atoms with Crippen LogP contribution in [0.3, 0.4) is 0 Å². The van der Waals surface area contributed by atoms with Gasteiger partial charge >= 0.3 is 6.09 Å². The summed E-state index contributed by atoms with van der Waals surface area (Å²) in [4.78, 5) is 30.3. The number of rotatable bonds is 1. The summed E-state index contributed by atoms with van der Waals surface area (Å²) in [6.07, 6.45) is 1.12. The molecule has 1 aromatic carbocycles. The van der Waals surface area contributed by atoms with Crippen LogP contribution in [0.4, 0.5) is 4.79 Å². The number of carbonyl (C=O) groups is 2. The number of ketones is 1. The molecule has 9 heteroatoms. The minimum atomic E-state index is -0.486. The van der Waals surface area contributed by atoms with Crippen molar-refractivity contribution in [2.45, 2.75) is 50.6 Å². The Hall–Kier alpha value is -1.29. The normalized spacial score (nSPS) is 18.3. The van der Waals surface area contributed by atoms with Crippen molar-refractivity contribution in [2.24, 2.45) is 0 Å². The number of hydrogen-bond acceptors (Lipinski definition) is 6. The smallest absolute Gasteiger partial charge is 0.410 e. The number of nitrogens with one attached hydrogen (secondary N) is 1. The summed E-state index contributed by atoms with van der Waals surface area (Å²) in [6, 6.07) is 10.4. The second-order valence-electron chi connectivity index (χ2n) is 8.29. The predicted molar refractivity (Wildman–Crippen MR) is 133 cm³/mol. The minimum absolute atomic E-state index is 0. The van der Waals surface area contributed by atoms with Crippen LogP contribution in [0.2, 0.25) is 0 Å². The lowest BCUT2D eigenvalue weighted by atomic mass is 10.1. The maximum atomic E-state index is 11.6.